The van der Waals surface area contributed by atoms with E-state index >= 15 is 0 Å². The van der Waals surface area contributed by atoms with Crippen LogP contribution in [0.1, 0.15) is 0 Å². The van der Waals surface area contributed by atoms with Gasteiger partial charge >= 0.3 is 6.36 Å². The number of hydrogen-bond donors (Lipinski definition) is 1. The Kier molecular flexibility index (Phi) is 2.93. The molecule has 0 unspecified atom stereocenters. The highest BCUT2D eigenvalue weighted by atomic mass is 19.4. The number of rotatable bonds is 2. The second-order valence-corrected chi connectivity index (χ2v) is 4.20. The highest BCUT2D eigenvalue weighted by Gasteiger charge is 2.32. The Morgan fingerprint density at radius 3 is 2.52 bits per heavy atom. The summed E-state index contributed by atoms with van der Waals surface area (Å²) in [6.45, 7) is 0. The number of halogens is 3. The van der Waals surface area contributed by atoms with Crippen molar-refractivity contribution in [3.63, 3.8) is 0 Å². The third kappa shape index (κ3) is 2.60. The number of aromatic nitrogens is 3. The third-order valence-corrected chi connectivity index (χ3v) is 2.78. The minimum atomic E-state index is -4.77. The molecule has 0 aliphatic carbocycles. The molecule has 1 aromatic carbocycles. The Hall–Kier alpha value is -2.77. The van der Waals surface area contributed by atoms with Gasteiger partial charge in [0, 0.05) is 17.3 Å². The molecule has 5 nitrogen and oxygen atoms in total. The smallest absolute Gasteiger partial charge is 0.405 e. The zero-order valence-corrected chi connectivity index (χ0v) is 10.5. The van der Waals surface area contributed by atoms with Crippen molar-refractivity contribution in [2.45, 2.75) is 6.36 Å². The van der Waals surface area contributed by atoms with E-state index in [1.807, 2.05) is 0 Å². The molecule has 0 aliphatic rings. The van der Waals surface area contributed by atoms with Crippen LogP contribution in [-0.4, -0.2) is 21.0 Å². The molecular weight excluding hydrogens is 285 g/mol. The summed E-state index contributed by atoms with van der Waals surface area (Å²) in [6.07, 6.45) is -3.16. The van der Waals surface area contributed by atoms with Gasteiger partial charge in [-0.15, -0.1) is 18.3 Å². The number of nitrogens with two attached hydrogens (primary N) is 1. The minimum Gasteiger partial charge on any atom is -0.405 e. The van der Waals surface area contributed by atoms with E-state index in [1.54, 1.807) is 24.4 Å². The molecule has 0 atom stereocenters. The fourth-order valence-corrected chi connectivity index (χ4v) is 2.04. The zero-order chi connectivity index (χ0) is 15.0. The molecule has 3 rings (SSSR count). The van der Waals surface area contributed by atoms with Gasteiger partial charge in [-0.3, -0.25) is 0 Å². The Balaban J connectivity index is 2.19. The molecule has 0 aliphatic heterocycles. The monoisotopic (exact) mass is 294 g/mol. The third-order valence-electron chi connectivity index (χ3n) is 2.78. The number of para-hydroxylation sites is 1. The van der Waals surface area contributed by atoms with E-state index in [0.29, 0.717) is 11.2 Å². The van der Waals surface area contributed by atoms with Gasteiger partial charge in [0.05, 0.1) is 0 Å². The minimum absolute atomic E-state index is 0.0386. The molecule has 108 valence electrons. The molecule has 0 saturated heterocycles. The maximum absolute atomic E-state index is 12.5. The van der Waals surface area contributed by atoms with Crippen LogP contribution < -0.4 is 10.5 Å². The lowest BCUT2D eigenvalue weighted by Gasteiger charge is -2.13. The van der Waals surface area contributed by atoms with E-state index in [9.17, 15) is 13.2 Å². The molecule has 2 aromatic heterocycles. The van der Waals surface area contributed by atoms with Crippen LogP contribution in [0.25, 0.3) is 16.8 Å². The number of nitrogen functional groups attached to an aromatic ring is 1. The summed E-state index contributed by atoms with van der Waals surface area (Å²) in [6, 6.07) is 9.10. The first-order chi connectivity index (χ1) is 9.94. The van der Waals surface area contributed by atoms with Crippen molar-refractivity contribution >= 4 is 11.6 Å². The van der Waals surface area contributed by atoms with Crippen LogP contribution in [0.4, 0.5) is 19.1 Å². The summed E-state index contributed by atoms with van der Waals surface area (Å²) in [4.78, 5) is 4.02. The van der Waals surface area contributed by atoms with Crippen LogP contribution in [0.2, 0.25) is 0 Å². The second kappa shape index (κ2) is 4.65. The molecule has 0 bridgehead atoms. The number of anilines is 1. The van der Waals surface area contributed by atoms with Crippen molar-refractivity contribution in [3.05, 3.63) is 42.6 Å². The first-order valence-corrected chi connectivity index (χ1v) is 5.90. The van der Waals surface area contributed by atoms with E-state index in [4.69, 9.17) is 5.73 Å². The van der Waals surface area contributed by atoms with Gasteiger partial charge in [-0.2, -0.15) is 4.98 Å². The predicted octanol–water partition coefficient (Wildman–Crippen LogP) is 2.88. The summed E-state index contributed by atoms with van der Waals surface area (Å²) in [5.74, 6) is -0.267. The summed E-state index contributed by atoms with van der Waals surface area (Å²) in [5.41, 5.74) is 6.58. The number of alkyl halides is 3. The first-order valence-electron chi connectivity index (χ1n) is 5.90. The fraction of sp³-hybridized carbons (Fsp3) is 0.0769. The van der Waals surface area contributed by atoms with Crippen molar-refractivity contribution in [3.8, 4) is 16.9 Å². The summed E-state index contributed by atoms with van der Waals surface area (Å²) < 4.78 is 42.9. The lowest BCUT2D eigenvalue weighted by molar-refractivity contribution is -0.274. The van der Waals surface area contributed by atoms with E-state index in [0.717, 1.165) is 0 Å². The Bertz CT molecular complexity index is 797. The van der Waals surface area contributed by atoms with Crippen molar-refractivity contribution < 1.29 is 17.9 Å². The van der Waals surface area contributed by atoms with Gasteiger partial charge in [-0.05, 0) is 18.2 Å². The lowest BCUT2D eigenvalue weighted by Crippen LogP contribution is -2.17. The Labute approximate surface area is 116 Å². The van der Waals surface area contributed by atoms with E-state index in [-0.39, 0.29) is 17.3 Å². The van der Waals surface area contributed by atoms with Gasteiger partial charge in [0.1, 0.15) is 5.75 Å². The van der Waals surface area contributed by atoms with Crippen molar-refractivity contribution in [1.29, 1.82) is 0 Å². The highest BCUT2D eigenvalue weighted by Crippen LogP contribution is 2.35. The van der Waals surface area contributed by atoms with Crippen LogP contribution in [0.5, 0.6) is 5.75 Å². The highest BCUT2D eigenvalue weighted by molar-refractivity contribution is 5.81. The molecule has 0 spiro atoms. The van der Waals surface area contributed by atoms with Gasteiger partial charge in [0.15, 0.2) is 5.65 Å². The first kappa shape index (κ1) is 13.2. The number of ether oxygens (including phenoxy) is 1. The molecule has 21 heavy (non-hydrogen) atoms. The molecule has 0 amide bonds. The summed E-state index contributed by atoms with van der Waals surface area (Å²) >= 11 is 0. The largest absolute Gasteiger partial charge is 0.573 e. The maximum Gasteiger partial charge on any atom is 0.573 e. The molecule has 3 aromatic rings. The molecular formula is C13H9F3N4O. The quantitative estimate of drug-likeness (QED) is 0.789. The molecule has 2 heterocycles. The van der Waals surface area contributed by atoms with Crippen molar-refractivity contribution in [2.24, 2.45) is 0 Å². The van der Waals surface area contributed by atoms with Crippen LogP contribution >= 0.6 is 0 Å². The summed E-state index contributed by atoms with van der Waals surface area (Å²) in [7, 11) is 0. The fourth-order valence-electron chi connectivity index (χ4n) is 2.04. The molecule has 8 heteroatoms. The van der Waals surface area contributed by atoms with Gasteiger partial charge in [-0.1, -0.05) is 18.2 Å². The van der Waals surface area contributed by atoms with Crippen LogP contribution in [0, 0.1) is 0 Å². The molecule has 0 saturated carbocycles. The van der Waals surface area contributed by atoms with E-state index in [2.05, 4.69) is 14.8 Å². The van der Waals surface area contributed by atoms with Gasteiger partial charge in [0.2, 0.25) is 5.95 Å². The van der Waals surface area contributed by atoms with Crippen LogP contribution in [0.15, 0.2) is 42.6 Å². The lowest BCUT2D eigenvalue weighted by atomic mass is 10.1. The topological polar surface area (TPSA) is 65.4 Å². The Morgan fingerprint density at radius 2 is 1.76 bits per heavy atom. The Morgan fingerprint density at radius 1 is 1.05 bits per heavy atom. The number of benzene rings is 1. The standard InChI is InChI=1S/C13H9F3N4O/c14-13(15,16)21-10-6-2-1-4-8(10)9-5-3-7-20-11(9)18-12(17)19-20/h1-7H,(H2,17,19). The number of nitrogens with zero attached hydrogens (tertiary/aromatic N) is 3. The molecule has 0 fully saturated rings. The predicted molar refractivity (Wildman–Crippen MR) is 69.5 cm³/mol. The maximum atomic E-state index is 12.5. The SMILES string of the molecule is Nc1nc2c(-c3ccccc3OC(F)(F)F)cccn2n1. The van der Waals surface area contributed by atoms with Crippen molar-refractivity contribution in [2.75, 3.05) is 5.73 Å². The molecule has 0 radical (unpaired) electrons. The number of pyridine rings is 1. The average molecular weight is 294 g/mol. The van der Waals surface area contributed by atoms with Crippen LogP contribution in [0.3, 0.4) is 0 Å². The van der Waals surface area contributed by atoms with E-state index < -0.39 is 6.36 Å². The zero-order valence-electron chi connectivity index (χ0n) is 10.5. The average Bonchev–Trinajstić information content (AvgIpc) is 2.77. The second-order valence-electron chi connectivity index (χ2n) is 4.20. The van der Waals surface area contributed by atoms with E-state index in [1.165, 1.54) is 22.7 Å². The van der Waals surface area contributed by atoms with Gasteiger partial charge in [-0.25, -0.2) is 4.52 Å². The van der Waals surface area contributed by atoms with Crippen molar-refractivity contribution in [1.82, 2.24) is 14.6 Å². The van der Waals surface area contributed by atoms with Gasteiger partial charge < -0.3 is 10.5 Å². The summed E-state index contributed by atoms with van der Waals surface area (Å²) in [5, 5.41) is 3.92. The molecule has 2 N–H and O–H groups in total. The van der Waals surface area contributed by atoms with Gasteiger partial charge in [0.25, 0.3) is 0 Å². The number of fused-ring (bicyclic) bond motifs is 1. The number of hydrogen-bond acceptors (Lipinski definition) is 4. The normalized spacial score (nSPS) is 11.8. The van der Waals surface area contributed by atoms with Crippen LogP contribution in [-0.2, 0) is 0 Å².